The fourth-order valence-corrected chi connectivity index (χ4v) is 4.80. The number of rotatable bonds is 4. The standard InChI is InChI=1S/C24H37NO5S/c1-9-24(10-2)17-14-16(28-21(27)30-23(6,7)8)12-11-15(17)13-18(31)19(24)25-20(26)29-22(3,4)5/h11-12,14,18-19,31H,9-10,13H2,1-8H3,(H,25,26)/t18-,19+/m0/s1. The first-order valence-electron chi connectivity index (χ1n) is 10.9. The molecule has 2 rings (SSSR count). The van der Waals surface area contributed by atoms with E-state index in [1.165, 1.54) is 0 Å². The molecule has 0 saturated heterocycles. The monoisotopic (exact) mass is 451 g/mol. The zero-order valence-corrected chi connectivity index (χ0v) is 20.9. The summed E-state index contributed by atoms with van der Waals surface area (Å²) in [7, 11) is 0. The molecule has 0 unspecified atom stereocenters. The lowest BCUT2D eigenvalue weighted by Crippen LogP contribution is -2.58. The van der Waals surface area contributed by atoms with Gasteiger partial charge in [0.05, 0.1) is 6.04 Å². The summed E-state index contributed by atoms with van der Waals surface area (Å²) in [4.78, 5) is 24.8. The molecule has 1 aliphatic carbocycles. The number of carbonyl (C=O) groups excluding carboxylic acids is 2. The highest BCUT2D eigenvalue weighted by molar-refractivity contribution is 7.81. The average Bonchev–Trinajstić information content (AvgIpc) is 2.60. The second-order valence-corrected chi connectivity index (χ2v) is 10.8. The molecule has 0 spiro atoms. The maximum absolute atomic E-state index is 12.6. The van der Waals surface area contributed by atoms with E-state index in [-0.39, 0.29) is 16.7 Å². The Labute approximate surface area is 191 Å². The van der Waals surface area contributed by atoms with Crippen LogP contribution in [0, 0.1) is 0 Å². The molecule has 0 saturated carbocycles. The van der Waals surface area contributed by atoms with Crippen molar-refractivity contribution in [3.63, 3.8) is 0 Å². The van der Waals surface area contributed by atoms with Crippen LogP contribution >= 0.6 is 12.6 Å². The lowest BCUT2D eigenvalue weighted by molar-refractivity contribution is 0.0205. The van der Waals surface area contributed by atoms with Crippen LogP contribution in [0.2, 0.25) is 0 Å². The van der Waals surface area contributed by atoms with Gasteiger partial charge in [0.15, 0.2) is 0 Å². The summed E-state index contributed by atoms with van der Waals surface area (Å²) in [6.45, 7) is 15.1. The molecule has 0 radical (unpaired) electrons. The Hall–Kier alpha value is -1.89. The largest absolute Gasteiger partial charge is 0.514 e. The van der Waals surface area contributed by atoms with Crippen molar-refractivity contribution in [3.05, 3.63) is 29.3 Å². The number of nitrogens with one attached hydrogen (secondary N) is 1. The van der Waals surface area contributed by atoms with E-state index in [1.807, 2.05) is 32.9 Å². The Balaban J connectivity index is 2.38. The molecule has 0 aromatic heterocycles. The van der Waals surface area contributed by atoms with Crippen molar-refractivity contribution in [2.75, 3.05) is 0 Å². The molecule has 7 heteroatoms. The molecule has 31 heavy (non-hydrogen) atoms. The predicted octanol–water partition coefficient (Wildman–Crippen LogP) is 5.81. The predicted molar refractivity (Wildman–Crippen MR) is 125 cm³/mol. The van der Waals surface area contributed by atoms with Crippen molar-refractivity contribution >= 4 is 24.9 Å². The Kier molecular flexibility index (Phi) is 7.62. The van der Waals surface area contributed by atoms with Gasteiger partial charge in [-0.1, -0.05) is 19.9 Å². The van der Waals surface area contributed by atoms with Crippen molar-refractivity contribution < 1.29 is 23.8 Å². The van der Waals surface area contributed by atoms with Crippen LogP contribution in [0.4, 0.5) is 9.59 Å². The highest BCUT2D eigenvalue weighted by Crippen LogP contribution is 2.45. The van der Waals surface area contributed by atoms with E-state index < -0.39 is 23.5 Å². The second kappa shape index (κ2) is 9.31. The maximum Gasteiger partial charge on any atom is 0.514 e. The van der Waals surface area contributed by atoms with E-state index in [9.17, 15) is 9.59 Å². The zero-order chi connectivity index (χ0) is 23.6. The van der Waals surface area contributed by atoms with Gasteiger partial charge < -0.3 is 19.5 Å². The fourth-order valence-electron chi connectivity index (χ4n) is 4.25. The van der Waals surface area contributed by atoms with Crippen LogP contribution in [0.15, 0.2) is 18.2 Å². The average molecular weight is 452 g/mol. The molecule has 1 aliphatic rings. The first kappa shape index (κ1) is 25.4. The molecule has 1 N–H and O–H groups in total. The Morgan fingerprint density at radius 1 is 1.06 bits per heavy atom. The van der Waals surface area contributed by atoms with Gasteiger partial charge in [-0.15, -0.1) is 0 Å². The highest BCUT2D eigenvalue weighted by Gasteiger charge is 2.47. The van der Waals surface area contributed by atoms with Gasteiger partial charge in [-0.05, 0) is 84.1 Å². The number of amides is 1. The summed E-state index contributed by atoms with van der Waals surface area (Å²) in [5.74, 6) is 0.424. The lowest BCUT2D eigenvalue weighted by atomic mass is 9.63. The normalized spacial score (nSPS) is 20.4. The molecule has 0 aliphatic heterocycles. The quantitative estimate of drug-likeness (QED) is 0.343. The minimum absolute atomic E-state index is 0.0717. The van der Waals surface area contributed by atoms with E-state index in [1.54, 1.807) is 26.8 Å². The number of fused-ring (bicyclic) bond motifs is 1. The van der Waals surface area contributed by atoms with E-state index in [0.717, 1.165) is 24.0 Å². The van der Waals surface area contributed by atoms with Crippen LogP contribution in [-0.2, 0) is 21.3 Å². The van der Waals surface area contributed by atoms with Crippen LogP contribution in [0.5, 0.6) is 5.75 Å². The summed E-state index contributed by atoms with van der Waals surface area (Å²) in [5, 5.41) is 3.01. The Morgan fingerprint density at radius 3 is 2.16 bits per heavy atom. The molecule has 1 aromatic carbocycles. The third kappa shape index (κ3) is 6.31. The van der Waals surface area contributed by atoms with E-state index in [0.29, 0.717) is 12.2 Å². The van der Waals surface area contributed by atoms with Crippen molar-refractivity contribution in [1.29, 1.82) is 0 Å². The number of thiol groups is 1. The highest BCUT2D eigenvalue weighted by atomic mass is 32.1. The molecule has 1 amide bonds. The smallest absolute Gasteiger partial charge is 0.444 e. The van der Waals surface area contributed by atoms with Gasteiger partial charge in [0.1, 0.15) is 17.0 Å². The zero-order valence-electron chi connectivity index (χ0n) is 20.0. The van der Waals surface area contributed by atoms with Gasteiger partial charge in [-0.3, -0.25) is 0 Å². The van der Waals surface area contributed by atoms with Gasteiger partial charge in [0.25, 0.3) is 0 Å². The van der Waals surface area contributed by atoms with Gasteiger partial charge in [0.2, 0.25) is 0 Å². The molecule has 1 aromatic rings. The number of carbonyl (C=O) groups is 2. The molecule has 6 nitrogen and oxygen atoms in total. The van der Waals surface area contributed by atoms with E-state index >= 15 is 0 Å². The minimum atomic E-state index is -0.739. The van der Waals surface area contributed by atoms with Crippen LogP contribution in [0.3, 0.4) is 0 Å². The lowest BCUT2D eigenvalue weighted by Gasteiger charge is -2.48. The third-order valence-electron chi connectivity index (χ3n) is 5.55. The topological polar surface area (TPSA) is 73.9 Å². The molecular weight excluding hydrogens is 414 g/mol. The van der Waals surface area contributed by atoms with Gasteiger partial charge in [-0.2, -0.15) is 12.6 Å². The van der Waals surface area contributed by atoms with Crippen LogP contribution in [0.1, 0.15) is 79.4 Å². The Bertz CT molecular complexity index is 805. The summed E-state index contributed by atoms with van der Waals surface area (Å²) >= 11 is 4.84. The van der Waals surface area contributed by atoms with Gasteiger partial charge >= 0.3 is 12.2 Å². The summed E-state index contributed by atoms with van der Waals surface area (Å²) in [5.41, 5.74) is 0.610. The molecule has 0 heterocycles. The molecule has 0 fully saturated rings. The van der Waals surface area contributed by atoms with Crippen LogP contribution in [0.25, 0.3) is 0 Å². The molecular formula is C24H37NO5S. The van der Waals surface area contributed by atoms with Crippen molar-refractivity contribution in [3.8, 4) is 5.75 Å². The molecule has 0 bridgehead atoms. The number of hydrogen-bond acceptors (Lipinski definition) is 6. The van der Waals surface area contributed by atoms with Gasteiger partial charge in [0, 0.05) is 10.7 Å². The van der Waals surface area contributed by atoms with E-state index in [4.69, 9.17) is 26.8 Å². The van der Waals surface area contributed by atoms with E-state index in [2.05, 4.69) is 19.2 Å². The fraction of sp³-hybridized carbons (Fsp3) is 0.667. The number of ether oxygens (including phenoxy) is 3. The minimum Gasteiger partial charge on any atom is -0.444 e. The van der Waals surface area contributed by atoms with Crippen LogP contribution < -0.4 is 10.1 Å². The summed E-state index contributed by atoms with van der Waals surface area (Å²) in [6.07, 6.45) is 1.06. The summed E-state index contributed by atoms with van der Waals surface area (Å²) in [6, 6.07) is 5.42. The molecule has 2 atom stereocenters. The van der Waals surface area contributed by atoms with Crippen molar-refractivity contribution in [2.24, 2.45) is 0 Å². The van der Waals surface area contributed by atoms with Crippen LogP contribution in [-0.4, -0.2) is 34.7 Å². The summed E-state index contributed by atoms with van der Waals surface area (Å²) < 4.78 is 16.2. The van der Waals surface area contributed by atoms with Crippen molar-refractivity contribution in [2.45, 2.75) is 103 Å². The number of benzene rings is 1. The van der Waals surface area contributed by atoms with Gasteiger partial charge in [-0.25, -0.2) is 9.59 Å². The third-order valence-corrected chi connectivity index (χ3v) is 6.03. The first-order chi connectivity index (χ1) is 14.2. The first-order valence-corrected chi connectivity index (χ1v) is 11.4. The SMILES string of the molecule is CCC1(CC)c2cc(OC(=O)OC(C)(C)C)ccc2C[C@H](S)[C@H]1NC(=O)OC(C)(C)C. The van der Waals surface area contributed by atoms with Crippen molar-refractivity contribution in [1.82, 2.24) is 5.32 Å². The molecule has 174 valence electrons. The maximum atomic E-state index is 12.6. The number of alkyl carbamates (subject to hydrolysis) is 1. The second-order valence-electron chi connectivity index (χ2n) is 10.1. The Morgan fingerprint density at radius 2 is 1.65 bits per heavy atom. The number of hydrogen-bond donors (Lipinski definition) is 2.